The molecule has 0 aliphatic carbocycles. The van der Waals surface area contributed by atoms with Gasteiger partial charge in [0.25, 0.3) is 5.56 Å². The normalized spacial score (nSPS) is 11.2. The van der Waals surface area contributed by atoms with E-state index < -0.39 is 0 Å². The third-order valence-corrected chi connectivity index (χ3v) is 3.40. The topological polar surface area (TPSA) is 73.2 Å². The van der Waals surface area contributed by atoms with Crippen molar-refractivity contribution in [3.63, 3.8) is 0 Å². The molecule has 2 rings (SSSR count). The number of nitrogens with one attached hydrogen (secondary N) is 1. The molecule has 0 fully saturated rings. The zero-order chi connectivity index (χ0) is 18.6. The monoisotopic (exact) mass is 343 g/mol. The molecule has 0 aliphatic rings. The first-order valence-corrected chi connectivity index (χ1v) is 8.34. The SMILES string of the molecule is CCc1nc(C)cc(=O)n1CC(=O)Nc1ccc(OC(C)(C)C)cc1. The van der Waals surface area contributed by atoms with Crippen molar-refractivity contribution in [2.24, 2.45) is 0 Å². The van der Waals surface area contributed by atoms with Crippen LogP contribution in [0.15, 0.2) is 35.1 Å². The predicted molar refractivity (Wildman–Crippen MR) is 98.1 cm³/mol. The van der Waals surface area contributed by atoms with Gasteiger partial charge >= 0.3 is 0 Å². The van der Waals surface area contributed by atoms with E-state index in [1.54, 1.807) is 31.2 Å². The Balaban J connectivity index is 2.07. The highest BCUT2D eigenvalue weighted by molar-refractivity contribution is 5.90. The lowest BCUT2D eigenvalue weighted by atomic mass is 10.2. The maximum atomic E-state index is 12.3. The number of aryl methyl sites for hydroxylation is 2. The first kappa shape index (κ1) is 18.7. The number of hydrogen-bond donors (Lipinski definition) is 1. The van der Waals surface area contributed by atoms with Crippen LogP contribution in [0.1, 0.15) is 39.2 Å². The average molecular weight is 343 g/mol. The second kappa shape index (κ2) is 7.51. The quantitative estimate of drug-likeness (QED) is 0.906. The Hall–Kier alpha value is -2.63. The summed E-state index contributed by atoms with van der Waals surface area (Å²) >= 11 is 0. The van der Waals surface area contributed by atoms with Crippen molar-refractivity contribution >= 4 is 11.6 Å². The van der Waals surface area contributed by atoms with Gasteiger partial charge < -0.3 is 10.1 Å². The minimum Gasteiger partial charge on any atom is -0.488 e. The number of rotatable bonds is 5. The molecule has 1 amide bonds. The van der Waals surface area contributed by atoms with Gasteiger partial charge in [0.05, 0.1) is 0 Å². The van der Waals surface area contributed by atoms with E-state index in [-0.39, 0.29) is 23.6 Å². The van der Waals surface area contributed by atoms with Gasteiger partial charge in [0.2, 0.25) is 5.91 Å². The Morgan fingerprint density at radius 1 is 1.24 bits per heavy atom. The van der Waals surface area contributed by atoms with Crippen LogP contribution < -0.4 is 15.6 Å². The Kier molecular flexibility index (Phi) is 5.62. The van der Waals surface area contributed by atoms with Gasteiger partial charge in [-0.2, -0.15) is 0 Å². The maximum Gasteiger partial charge on any atom is 0.254 e. The summed E-state index contributed by atoms with van der Waals surface area (Å²) in [5, 5.41) is 2.79. The van der Waals surface area contributed by atoms with Crippen molar-refractivity contribution in [1.82, 2.24) is 9.55 Å². The van der Waals surface area contributed by atoms with Crippen molar-refractivity contribution in [3.05, 3.63) is 52.2 Å². The van der Waals surface area contributed by atoms with Crippen LogP contribution in [0.5, 0.6) is 5.75 Å². The molecule has 0 saturated heterocycles. The zero-order valence-corrected chi connectivity index (χ0v) is 15.4. The van der Waals surface area contributed by atoms with Gasteiger partial charge in [-0.05, 0) is 52.0 Å². The number of ether oxygens (including phenoxy) is 1. The van der Waals surface area contributed by atoms with Crippen molar-refractivity contribution in [2.45, 2.75) is 53.2 Å². The van der Waals surface area contributed by atoms with Gasteiger partial charge in [-0.3, -0.25) is 14.2 Å². The number of carbonyl (C=O) groups is 1. The van der Waals surface area contributed by atoms with Crippen LogP contribution in [0.4, 0.5) is 5.69 Å². The molecule has 1 aromatic carbocycles. The molecule has 0 spiro atoms. The van der Waals surface area contributed by atoms with Gasteiger partial charge in [0, 0.05) is 23.9 Å². The number of benzene rings is 1. The Bertz CT molecular complexity index is 802. The number of anilines is 1. The molecule has 134 valence electrons. The third kappa shape index (κ3) is 5.45. The highest BCUT2D eigenvalue weighted by Crippen LogP contribution is 2.20. The molecule has 0 aliphatic heterocycles. The van der Waals surface area contributed by atoms with E-state index in [0.29, 0.717) is 23.6 Å². The summed E-state index contributed by atoms with van der Waals surface area (Å²) in [6.45, 7) is 9.54. The van der Waals surface area contributed by atoms with Crippen LogP contribution in [0.2, 0.25) is 0 Å². The van der Waals surface area contributed by atoms with E-state index in [2.05, 4.69) is 10.3 Å². The van der Waals surface area contributed by atoms with E-state index in [1.165, 1.54) is 10.6 Å². The summed E-state index contributed by atoms with van der Waals surface area (Å²) in [7, 11) is 0. The lowest BCUT2D eigenvalue weighted by Crippen LogP contribution is -2.30. The first-order chi connectivity index (χ1) is 11.7. The van der Waals surface area contributed by atoms with Crippen molar-refractivity contribution in [2.75, 3.05) is 5.32 Å². The maximum absolute atomic E-state index is 12.3. The van der Waals surface area contributed by atoms with Crippen molar-refractivity contribution < 1.29 is 9.53 Å². The molecule has 0 bridgehead atoms. The Labute approximate surface area is 147 Å². The van der Waals surface area contributed by atoms with Crippen molar-refractivity contribution in [3.8, 4) is 5.75 Å². The fourth-order valence-electron chi connectivity index (χ4n) is 2.42. The summed E-state index contributed by atoms with van der Waals surface area (Å²) in [6.07, 6.45) is 0.586. The molecular formula is C19H25N3O3. The van der Waals surface area contributed by atoms with E-state index >= 15 is 0 Å². The predicted octanol–water partition coefficient (Wildman–Crippen LogP) is 2.93. The van der Waals surface area contributed by atoms with Crippen LogP contribution >= 0.6 is 0 Å². The first-order valence-electron chi connectivity index (χ1n) is 8.34. The second-order valence-corrected chi connectivity index (χ2v) is 6.88. The lowest BCUT2D eigenvalue weighted by molar-refractivity contribution is -0.116. The molecule has 1 heterocycles. The number of carbonyl (C=O) groups excluding carboxylic acids is 1. The highest BCUT2D eigenvalue weighted by atomic mass is 16.5. The molecule has 2 aromatic rings. The lowest BCUT2D eigenvalue weighted by Gasteiger charge is -2.21. The van der Waals surface area contributed by atoms with Crippen LogP contribution in [-0.2, 0) is 17.8 Å². The average Bonchev–Trinajstić information content (AvgIpc) is 2.50. The molecular weight excluding hydrogens is 318 g/mol. The van der Waals surface area contributed by atoms with Gasteiger partial charge in [-0.25, -0.2) is 4.98 Å². The molecule has 25 heavy (non-hydrogen) atoms. The fraction of sp³-hybridized carbons (Fsp3) is 0.421. The van der Waals surface area contributed by atoms with E-state index in [0.717, 1.165) is 5.75 Å². The Morgan fingerprint density at radius 2 is 1.88 bits per heavy atom. The van der Waals surface area contributed by atoms with Crippen LogP contribution in [0, 0.1) is 6.92 Å². The van der Waals surface area contributed by atoms with E-state index in [4.69, 9.17) is 4.74 Å². The number of nitrogens with zero attached hydrogens (tertiary/aromatic N) is 2. The molecule has 0 atom stereocenters. The zero-order valence-electron chi connectivity index (χ0n) is 15.4. The molecule has 1 N–H and O–H groups in total. The molecule has 0 unspecified atom stereocenters. The molecule has 6 nitrogen and oxygen atoms in total. The molecule has 0 saturated carbocycles. The largest absolute Gasteiger partial charge is 0.488 e. The van der Waals surface area contributed by atoms with Gasteiger partial charge in [0.15, 0.2) is 0 Å². The number of hydrogen-bond acceptors (Lipinski definition) is 4. The van der Waals surface area contributed by atoms with Gasteiger partial charge in [0.1, 0.15) is 23.7 Å². The molecule has 6 heteroatoms. The summed E-state index contributed by atoms with van der Waals surface area (Å²) in [5.41, 5.74) is 0.819. The van der Waals surface area contributed by atoms with Crippen LogP contribution in [0.25, 0.3) is 0 Å². The number of aromatic nitrogens is 2. The van der Waals surface area contributed by atoms with Gasteiger partial charge in [-0.1, -0.05) is 6.92 Å². The van der Waals surface area contributed by atoms with Crippen LogP contribution in [-0.4, -0.2) is 21.1 Å². The third-order valence-electron chi connectivity index (χ3n) is 3.40. The van der Waals surface area contributed by atoms with Crippen molar-refractivity contribution in [1.29, 1.82) is 0 Å². The minimum absolute atomic E-state index is 0.0600. The standard InChI is InChI=1S/C19H25N3O3/c1-6-16-20-13(2)11-18(24)22(16)12-17(23)21-14-7-9-15(10-8-14)25-19(3,4)5/h7-11H,6,12H2,1-5H3,(H,21,23). The van der Waals surface area contributed by atoms with Crippen LogP contribution in [0.3, 0.4) is 0 Å². The summed E-state index contributed by atoms with van der Waals surface area (Å²) in [4.78, 5) is 28.7. The van der Waals surface area contributed by atoms with E-state index in [9.17, 15) is 9.59 Å². The summed E-state index contributed by atoms with van der Waals surface area (Å²) in [5.74, 6) is 1.07. The Morgan fingerprint density at radius 3 is 2.44 bits per heavy atom. The molecule has 1 aromatic heterocycles. The smallest absolute Gasteiger partial charge is 0.254 e. The summed E-state index contributed by atoms with van der Waals surface area (Å²) < 4.78 is 7.15. The minimum atomic E-state index is -0.277. The van der Waals surface area contributed by atoms with Gasteiger partial charge in [-0.15, -0.1) is 0 Å². The summed E-state index contributed by atoms with van der Waals surface area (Å²) in [6, 6.07) is 8.59. The molecule has 0 radical (unpaired) electrons. The second-order valence-electron chi connectivity index (χ2n) is 6.88. The fourth-order valence-corrected chi connectivity index (χ4v) is 2.42. The van der Waals surface area contributed by atoms with E-state index in [1.807, 2.05) is 27.7 Å². The highest BCUT2D eigenvalue weighted by Gasteiger charge is 2.13. The number of amides is 1.